The lowest BCUT2D eigenvalue weighted by molar-refractivity contribution is 0.102. The van der Waals surface area contributed by atoms with Gasteiger partial charge in [-0.1, -0.05) is 6.07 Å². The van der Waals surface area contributed by atoms with Gasteiger partial charge in [-0.15, -0.1) is 0 Å². The molecule has 1 N–H and O–H groups in total. The zero-order valence-electron chi connectivity index (χ0n) is 11.1. The Balaban J connectivity index is 2.16. The lowest BCUT2D eigenvalue weighted by Gasteiger charge is -2.05. The van der Waals surface area contributed by atoms with Gasteiger partial charge in [0.25, 0.3) is 5.91 Å². The summed E-state index contributed by atoms with van der Waals surface area (Å²) in [5.41, 5.74) is 1.36. The number of rotatable bonds is 3. The van der Waals surface area contributed by atoms with Crippen molar-refractivity contribution in [3.05, 3.63) is 47.5 Å². The van der Waals surface area contributed by atoms with Crippen LogP contribution in [-0.2, 0) is 0 Å². The molecule has 0 fully saturated rings. The Hall–Kier alpha value is -2.17. The first-order valence-electron chi connectivity index (χ1n) is 6.09. The average molecular weight is 261 g/mol. The summed E-state index contributed by atoms with van der Waals surface area (Å²) in [7, 11) is 0. The first kappa shape index (κ1) is 13.3. The molecule has 0 atom stereocenters. The molecular formula is C14H16FN3O. The first-order valence-corrected chi connectivity index (χ1v) is 6.09. The van der Waals surface area contributed by atoms with Gasteiger partial charge in [-0.3, -0.25) is 9.48 Å². The maximum atomic E-state index is 13.7. The average Bonchev–Trinajstić information content (AvgIpc) is 2.77. The summed E-state index contributed by atoms with van der Waals surface area (Å²) in [5, 5.41) is 6.74. The minimum Gasteiger partial charge on any atom is -0.319 e. The van der Waals surface area contributed by atoms with Crippen LogP contribution in [0.1, 0.15) is 35.8 Å². The molecule has 0 aliphatic carbocycles. The van der Waals surface area contributed by atoms with Crippen LogP contribution < -0.4 is 5.32 Å². The summed E-state index contributed by atoms with van der Waals surface area (Å²) in [6.45, 7) is 5.74. The lowest BCUT2D eigenvalue weighted by Crippen LogP contribution is -2.13. The van der Waals surface area contributed by atoms with Crippen LogP contribution in [0.4, 0.5) is 10.1 Å². The molecule has 0 bridgehead atoms. The molecule has 2 aromatic rings. The van der Waals surface area contributed by atoms with Gasteiger partial charge in [-0.05, 0) is 38.5 Å². The molecule has 5 heteroatoms. The van der Waals surface area contributed by atoms with E-state index in [0.29, 0.717) is 5.69 Å². The molecule has 0 saturated heterocycles. The van der Waals surface area contributed by atoms with Crippen molar-refractivity contribution in [2.45, 2.75) is 26.8 Å². The topological polar surface area (TPSA) is 46.9 Å². The normalized spacial score (nSPS) is 10.8. The highest BCUT2D eigenvalue weighted by Crippen LogP contribution is 2.14. The highest BCUT2D eigenvalue weighted by molar-refractivity contribution is 6.04. The summed E-state index contributed by atoms with van der Waals surface area (Å²) in [4.78, 5) is 11.9. The van der Waals surface area contributed by atoms with Gasteiger partial charge in [0.05, 0.1) is 17.4 Å². The Bertz CT molecular complexity index is 604. The fourth-order valence-corrected chi connectivity index (χ4v) is 1.69. The van der Waals surface area contributed by atoms with Crippen LogP contribution in [0.5, 0.6) is 0 Å². The van der Waals surface area contributed by atoms with Gasteiger partial charge in [0, 0.05) is 12.2 Å². The number of benzene rings is 1. The summed E-state index contributed by atoms with van der Waals surface area (Å²) in [6.07, 6.45) is 3.26. The fraction of sp³-hybridized carbons (Fsp3) is 0.286. The van der Waals surface area contributed by atoms with Crippen LogP contribution in [-0.4, -0.2) is 15.7 Å². The number of anilines is 1. The molecule has 1 amide bonds. The Morgan fingerprint density at radius 2 is 2.16 bits per heavy atom. The van der Waals surface area contributed by atoms with Gasteiger partial charge in [0.15, 0.2) is 0 Å². The number of aryl methyl sites for hydroxylation is 1. The van der Waals surface area contributed by atoms with Crippen LogP contribution in [0.3, 0.4) is 0 Å². The van der Waals surface area contributed by atoms with Crippen molar-refractivity contribution in [3.8, 4) is 0 Å². The molecule has 0 saturated carbocycles. The van der Waals surface area contributed by atoms with Gasteiger partial charge in [-0.2, -0.15) is 5.10 Å². The first-order chi connectivity index (χ1) is 8.97. The number of nitrogens with one attached hydrogen (secondary N) is 1. The van der Waals surface area contributed by atoms with E-state index in [0.717, 1.165) is 5.56 Å². The lowest BCUT2D eigenvalue weighted by atomic mass is 10.1. The Morgan fingerprint density at radius 3 is 2.74 bits per heavy atom. The highest BCUT2D eigenvalue weighted by atomic mass is 19.1. The molecule has 4 nitrogen and oxygen atoms in total. The fourth-order valence-electron chi connectivity index (χ4n) is 1.69. The summed E-state index contributed by atoms with van der Waals surface area (Å²) in [5.74, 6) is -0.991. The third-order valence-electron chi connectivity index (χ3n) is 2.76. The van der Waals surface area contributed by atoms with Crippen molar-refractivity contribution in [3.63, 3.8) is 0 Å². The van der Waals surface area contributed by atoms with Crippen LogP contribution >= 0.6 is 0 Å². The van der Waals surface area contributed by atoms with Crippen molar-refractivity contribution < 1.29 is 9.18 Å². The number of aromatic nitrogens is 2. The number of carbonyl (C=O) groups is 1. The predicted octanol–water partition coefficient (Wildman–Crippen LogP) is 3.16. The van der Waals surface area contributed by atoms with Crippen LogP contribution in [0, 0.1) is 12.7 Å². The van der Waals surface area contributed by atoms with Crippen LogP contribution in [0.25, 0.3) is 0 Å². The number of nitrogens with zero attached hydrogens (tertiary/aromatic N) is 2. The number of hydrogen-bond acceptors (Lipinski definition) is 2. The number of amides is 1. The molecule has 100 valence electrons. The summed E-state index contributed by atoms with van der Waals surface area (Å²) >= 11 is 0. The second kappa shape index (κ2) is 5.22. The number of hydrogen-bond donors (Lipinski definition) is 1. The molecule has 1 heterocycles. The van der Waals surface area contributed by atoms with Gasteiger partial charge in [0.1, 0.15) is 5.82 Å². The predicted molar refractivity (Wildman–Crippen MR) is 71.7 cm³/mol. The van der Waals surface area contributed by atoms with E-state index in [1.54, 1.807) is 30.1 Å². The van der Waals surface area contributed by atoms with E-state index in [4.69, 9.17) is 0 Å². The maximum absolute atomic E-state index is 13.7. The summed E-state index contributed by atoms with van der Waals surface area (Å²) in [6, 6.07) is 4.73. The van der Waals surface area contributed by atoms with Crippen LogP contribution in [0.15, 0.2) is 30.6 Å². The quantitative estimate of drug-likeness (QED) is 0.922. The Labute approximate surface area is 111 Å². The molecule has 19 heavy (non-hydrogen) atoms. The molecule has 2 rings (SSSR count). The smallest absolute Gasteiger partial charge is 0.258 e. The van der Waals surface area contributed by atoms with Crippen molar-refractivity contribution >= 4 is 11.6 Å². The van der Waals surface area contributed by atoms with E-state index in [1.165, 1.54) is 12.1 Å². The van der Waals surface area contributed by atoms with Crippen molar-refractivity contribution in [2.24, 2.45) is 0 Å². The number of carbonyl (C=O) groups excluding carboxylic acids is 1. The standard InChI is InChI=1S/C14H16FN3O/c1-9(2)18-8-11(7-16-18)17-14(19)12-5-4-10(3)6-13(12)15/h4-9H,1-3H3,(H,17,19). The van der Waals surface area contributed by atoms with E-state index in [-0.39, 0.29) is 11.6 Å². The second-order valence-electron chi connectivity index (χ2n) is 4.74. The zero-order valence-corrected chi connectivity index (χ0v) is 11.1. The number of halogens is 1. The van der Waals surface area contributed by atoms with Crippen molar-refractivity contribution in [1.29, 1.82) is 0 Å². The molecule has 1 aromatic heterocycles. The molecule has 1 aromatic carbocycles. The van der Waals surface area contributed by atoms with Crippen molar-refractivity contribution in [1.82, 2.24) is 9.78 Å². The van der Waals surface area contributed by atoms with E-state index in [9.17, 15) is 9.18 Å². The van der Waals surface area contributed by atoms with Crippen LogP contribution in [0.2, 0.25) is 0 Å². The monoisotopic (exact) mass is 261 g/mol. The Kier molecular flexibility index (Phi) is 3.64. The van der Waals surface area contributed by atoms with Gasteiger partial charge in [-0.25, -0.2) is 4.39 Å². The third kappa shape index (κ3) is 2.99. The SMILES string of the molecule is Cc1ccc(C(=O)Nc2cnn(C(C)C)c2)c(F)c1. The molecule has 0 aliphatic rings. The van der Waals surface area contributed by atoms with Gasteiger partial charge in [0.2, 0.25) is 0 Å². The Morgan fingerprint density at radius 1 is 1.42 bits per heavy atom. The molecular weight excluding hydrogens is 245 g/mol. The largest absolute Gasteiger partial charge is 0.319 e. The van der Waals surface area contributed by atoms with E-state index in [2.05, 4.69) is 10.4 Å². The zero-order chi connectivity index (χ0) is 14.0. The minimum absolute atomic E-state index is 0.0305. The van der Waals surface area contributed by atoms with Gasteiger partial charge < -0.3 is 5.32 Å². The molecule has 0 unspecified atom stereocenters. The van der Waals surface area contributed by atoms with E-state index < -0.39 is 11.7 Å². The molecule has 0 radical (unpaired) electrons. The van der Waals surface area contributed by atoms with E-state index >= 15 is 0 Å². The van der Waals surface area contributed by atoms with Crippen molar-refractivity contribution in [2.75, 3.05) is 5.32 Å². The summed E-state index contributed by atoms with van der Waals surface area (Å²) < 4.78 is 15.4. The minimum atomic E-state index is -0.520. The van der Waals surface area contributed by atoms with E-state index in [1.807, 2.05) is 13.8 Å². The van der Waals surface area contributed by atoms with Gasteiger partial charge >= 0.3 is 0 Å². The molecule has 0 spiro atoms. The maximum Gasteiger partial charge on any atom is 0.258 e. The third-order valence-corrected chi connectivity index (χ3v) is 2.76. The highest BCUT2D eigenvalue weighted by Gasteiger charge is 2.13. The second-order valence-corrected chi connectivity index (χ2v) is 4.74. The molecule has 0 aliphatic heterocycles.